The number of barbiturate groups is 1. The molecule has 0 aliphatic carbocycles. The summed E-state index contributed by atoms with van der Waals surface area (Å²) in [5.74, 6) is -0.758. The van der Waals surface area contributed by atoms with Gasteiger partial charge in [-0.2, -0.15) is 0 Å². The third-order valence-corrected chi connectivity index (χ3v) is 3.94. The van der Waals surface area contributed by atoms with Gasteiger partial charge in [-0.3, -0.25) is 19.8 Å². The van der Waals surface area contributed by atoms with Crippen LogP contribution in [0.25, 0.3) is 17.5 Å². The molecular weight excluding hydrogens is 332 g/mol. The number of nitrogens with zero attached hydrogens (tertiary/aromatic N) is 3. The van der Waals surface area contributed by atoms with Crippen LogP contribution in [0.1, 0.15) is 25.3 Å². The highest BCUT2D eigenvalue weighted by molar-refractivity contribution is 6.30. The van der Waals surface area contributed by atoms with E-state index in [1.807, 2.05) is 37.3 Å². The lowest BCUT2D eigenvalue weighted by molar-refractivity contribution is -0.130. The first kappa shape index (κ1) is 17.5. The number of urea groups is 1. The number of benzene rings is 1. The molecular formula is C19H18N4O3. The predicted octanol–water partition coefficient (Wildman–Crippen LogP) is 2.41. The van der Waals surface area contributed by atoms with E-state index in [-0.39, 0.29) is 12.1 Å². The zero-order valence-corrected chi connectivity index (χ0v) is 14.3. The number of nitrogens with one attached hydrogen (secondary N) is 1. The molecule has 1 aromatic carbocycles. The maximum Gasteiger partial charge on any atom is 0.331 e. The van der Waals surface area contributed by atoms with Crippen LogP contribution in [0, 0.1) is 0 Å². The fourth-order valence-electron chi connectivity index (χ4n) is 2.53. The first-order valence-corrected chi connectivity index (χ1v) is 8.36. The number of carbonyl (C=O) groups is 3. The maximum atomic E-state index is 12.5. The van der Waals surface area contributed by atoms with Crippen molar-refractivity contribution >= 4 is 23.9 Å². The van der Waals surface area contributed by atoms with Crippen LogP contribution in [0.5, 0.6) is 0 Å². The predicted molar refractivity (Wildman–Crippen MR) is 95.6 cm³/mol. The summed E-state index contributed by atoms with van der Waals surface area (Å²) in [6.07, 6.45) is 5.98. The average molecular weight is 350 g/mol. The van der Waals surface area contributed by atoms with E-state index in [0.29, 0.717) is 17.8 Å². The first-order valence-electron chi connectivity index (χ1n) is 8.36. The lowest BCUT2D eigenvalue weighted by Gasteiger charge is -2.26. The van der Waals surface area contributed by atoms with Gasteiger partial charge in [-0.15, -0.1) is 0 Å². The van der Waals surface area contributed by atoms with Crippen LogP contribution in [0.15, 0.2) is 48.3 Å². The second kappa shape index (κ2) is 7.69. The van der Waals surface area contributed by atoms with Crippen LogP contribution in [0.4, 0.5) is 4.79 Å². The highest BCUT2D eigenvalue weighted by atomic mass is 16.2. The number of amides is 4. The van der Waals surface area contributed by atoms with Crippen molar-refractivity contribution < 1.29 is 14.4 Å². The van der Waals surface area contributed by atoms with Gasteiger partial charge in [-0.1, -0.05) is 43.7 Å². The van der Waals surface area contributed by atoms with Gasteiger partial charge < -0.3 is 0 Å². The van der Waals surface area contributed by atoms with Gasteiger partial charge in [0.2, 0.25) is 0 Å². The van der Waals surface area contributed by atoms with E-state index in [9.17, 15) is 14.4 Å². The Morgan fingerprint density at radius 2 is 1.77 bits per heavy atom. The standard InChI is InChI=1S/C19H18N4O3/c1-2-3-9-23-18(25)15(17(24)22-19(23)26)10-13-11-20-16(21-12-13)14-7-5-4-6-8-14/h4-8,10-12H,2-3,9H2,1H3,(H,22,24,26)/b15-10-. The highest BCUT2D eigenvalue weighted by Crippen LogP contribution is 2.17. The number of hydrogen-bond donors (Lipinski definition) is 1. The minimum atomic E-state index is -0.708. The van der Waals surface area contributed by atoms with E-state index >= 15 is 0 Å². The molecule has 3 rings (SSSR count). The van der Waals surface area contributed by atoms with Crippen molar-refractivity contribution in [1.82, 2.24) is 20.2 Å². The summed E-state index contributed by atoms with van der Waals surface area (Å²) in [5, 5.41) is 2.19. The van der Waals surface area contributed by atoms with Gasteiger partial charge in [-0.25, -0.2) is 14.8 Å². The Kier molecular flexibility index (Phi) is 5.17. The Morgan fingerprint density at radius 3 is 2.42 bits per heavy atom. The van der Waals surface area contributed by atoms with E-state index in [0.717, 1.165) is 16.9 Å². The Bertz CT molecular complexity index is 860. The summed E-state index contributed by atoms with van der Waals surface area (Å²) in [4.78, 5) is 45.9. The van der Waals surface area contributed by atoms with Crippen LogP contribution in [-0.4, -0.2) is 39.3 Å². The topological polar surface area (TPSA) is 92.3 Å². The van der Waals surface area contributed by atoms with E-state index in [2.05, 4.69) is 15.3 Å². The molecule has 0 radical (unpaired) electrons. The normalized spacial score (nSPS) is 16.1. The Balaban J connectivity index is 1.84. The van der Waals surface area contributed by atoms with Crippen LogP contribution < -0.4 is 5.32 Å². The van der Waals surface area contributed by atoms with Crippen LogP contribution in [0.3, 0.4) is 0 Å². The summed E-state index contributed by atoms with van der Waals surface area (Å²) in [5.41, 5.74) is 1.28. The van der Waals surface area contributed by atoms with E-state index in [1.165, 1.54) is 18.5 Å². The fraction of sp³-hybridized carbons (Fsp3) is 0.211. The molecule has 1 aliphatic heterocycles. The number of imide groups is 2. The molecule has 1 N–H and O–H groups in total. The zero-order valence-electron chi connectivity index (χ0n) is 14.3. The number of rotatable bonds is 5. The van der Waals surface area contributed by atoms with Gasteiger partial charge in [0.15, 0.2) is 5.82 Å². The third-order valence-electron chi connectivity index (χ3n) is 3.94. The van der Waals surface area contributed by atoms with Crippen molar-refractivity contribution in [1.29, 1.82) is 0 Å². The van der Waals surface area contributed by atoms with Gasteiger partial charge in [0, 0.05) is 30.1 Å². The number of carbonyl (C=O) groups excluding carboxylic acids is 3. The molecule has 7 heteroatoms. The summed E-state index contributed by atoms with van der Waals surface area (Å²) >= 11 is 0. The smallest absolute Gasteiger partial charge is 0.273 e. The molecule has 2 aromatic rings. The minimum Gasteiger partial charge on any atom is -0.273 e. The molecule has 1 aromatic heterocycles. The Labute approximate surface area is 150 Å². The quantitative estimate of drug-likeness (QED) is 0.660. The molecule has 0 bridgehead atoms. The molecule has 4 amide bonds. The lowest BCUT2D eigenvalue weighted by atomic mass is 10.1. The summed E-state index contributed by atoms with van der Waals surface area (Å²) in [6, 6.07) is 8.79. The van der Waals surface area contributed by atoms with Crippen molar-refractivity contribution in [3.63, 3.8) is 0 Å². The summed E-state index contributed by atoms with van der Waals surface area (Å²) in [7, 11) is 0. The molecule has 7 nitrogen and oxygen atoms in total. The number of hydrogen-bond acceptors (Lipinski definition) is 5. The molecule has 26 heavy (non-hydrogen) atoms. The van der Waals surface area contributed by atoms with Gasteiger partial charge in [0.25, 0.3) is 11.8 Å². The number of aromatic nitrogens is 2. The molecule has 0 spiro atoms. The SMILES string of the molecule is CCCCN1C(=O)NC(=O)/C(=C/c2cnc(-c3ccccc3)nc2)C1=O. The minimum absolute atomic E-state index is 0.100. The monoisotopic (exact) mass is 350 g/mol. The maximum absolute atomic E-state index is 12.5. The molecule has 1 saturated heterocycles. The lowest BCUT2D eigenvalue weighted by Crippen LogP contribution is -2.54. The molecule has 0 saturated carbocycles. The first-order chi connectivity index (χ1) is 12.6. The average Bonchev–Trinajstić information content (AvgIpc) is 2.66. The number of unbranched alkanes of at least 4 members (excludes halogenated alkanes) is 1. The van der Waals surface area contributed by atoms with Crippen molar-refractivity contribution in [3.05, 3.63) is 53.9 Å². The third kappa shape index (κ3) is 3.66. The van der Waals surface area contributed by atoms with Crippen LogP contribution in [0.2, 0.25) is 0 Å². The molecule has 2 heterocycles. The van der Waals surface area contributed by atoms with E-state index < -0.39 is 17.8 Å². The Hall–Kier alpha value is -3.35. The van der Waals surface area contributed by atoms with Crippen molar-refractivity contribution in [3.8, 4) is 11.4 Å². The van der Waals surface area contributed by atoms with Crippen molar-refractivity contribution in [2.75, 3.05) is 6.54 Å². The van der Waals surface area contributed by atoms with Gasteiger partial charge in [0.05, 0.1) is 0 Å². The summed E-state index contributed by atoms with van der Waals surface area (Å²) in [6.45, 7) is 2.23. The molecule has 1 fully saturated rings. The van der Waals surface area contributed by atoms with Crippen molar-refractivity contribution in [2.24, 2.45) is 0 Å². The van der Waals surface area contributed by atoms with Gasteiger partial charge in [-0.05, 0) is 12.5 Å². The highest BCUT2D eigenvalue weighted by Gasteiger charge is 2.35. The van der Waals surface area contributed by atoms with E-state index in [4.69, 9.17) is 0 Å². The van der Waals surface area contributed by atoms with Crippen molar-refractivity contribution in [2.45, 2.75) is 19.8 Å². The molecule has 132 valence electrons. The summed E-state index contributed by atoms with van der Waals surface area (Å²) < 4.78 is 0. The molecule has 0 unspecified atom stereocenters. The van der Waals surface area contributed by atoms with Gasteiger partial charge >= 0.3 is 6.03 Å². The molecule has 0 atom stereocenters. The van der Waals surface area contributed by atoms with E-state index in [1.54, 1.807) is 0 Å². The fourth-order valence-corrected chi connectivity index (χ4v) is 2.53. The molecule has 1 aliphatic rings. The largest absolute Gasteiger partial charge is 0.331 e. The van der Waals surface area contributed by atoms with Crippen LogP contribution in [-0.2, 0) is 9.59 Å². The second-order valence-electron chi connectivity index (χ2n) is 5.83. The van der Waals surface area contributed by atoms with Gasteiger partial charge in [0.1, 0.15) is 5.57 Å². The second-order valence-corrected chi connectivity index (χ2v) is 5.83. The Morgan fingerprint density at radius 1 is 1.08 bits per heavy atom. The zero-order chi connectivity index (χ0) is 18.5. The van der Waals surface area contributed by atoms with Crippen LogP contribution >= 0.6 is 0 Å².